The summed E-state index contributed by atoms with van der Waals surface area (Å²) < 4.78 is 0.761. The average Bonchev–Trinajstić information content (AvgIpc) is 2.47. The first-order chi connectivity index (χ1) is 10.4. The first kappa shape index (κ1) is 14.8. The van der Waals surface area contributed by atoms with Crippen LogP contribution in [-0.4, -0.2) is 20.3 Å². The van der Waals surface area contributed by atoms with E-state index in [1.807, 2.05) is 6.07 Å². The third-order valence-electron chi connectivity index (χ3n) is 2.82. The summed E-state index contributed by atoms with van der Waals surface area (Å²) in [5, 5.41) is 48.3. The summed E-state index contributed by atoms with van der Waals surface area (Å²) in [6.45, 7) is 0. The summed E-state index contributed by atoms with van der Waals surface area (Å²) in [6, 6.07) is 7.10. The normalized spacial score (nSPS) is 11.0. The molecular weight excluding hydrogens is 290 g/mol. The van der Waals surface area contributed by atoms with Crippen LogP contribution in [-0.2, 0) is 0 Å². The van der Waals surface area contributed by atoms with E-state index in [0.29, 0.717) is 5.56 Å². The molecule has 0 bridgehead atoms. The number of pyridine rings is 1. The number of nitro groups is 1. The topological polar surface area (TPSA) is 132 Å². The molecule has 2 rings (SSSR count). The van der Waals surface area contributed by atoms with Crippen LogP contribution in [0.25, 0.3) is 11.6 Å². The maximum atomic E-state index is 10.8. The summed E-state index contributed by atoms with van der Waals surface area (Å²) in [5.41, 5.74) is -0.0220. The minimum absolute atomic E-state index is 0.114. The molecule has 22 heavy (non-hydrogen) atoms. The Morgan fingerprint density at radius 1 is 1.41 bits per heavy atom. The van der Waals surface area contributed by atoms with E-state index in [1.165, 1.54) is 24.5 Å². The number of phenols is 2. The molecule has 0 spiro atoms. The van der Waals surface area contributed by atoms with Crippen molar-refractivity contribution in [2.75, 3.05) is 0 Å². The number of nitrogens with zero attached hydrogens (tertiary/aromatic N) is 3. The molecule has 0 aliphatic rings. The Morgan fingerprint density at radius 3 is 2.73 bits per heavy atom. The van der Waals surface area contributed by atoms with Crippen molar-refractivity contribution < 1.29 is 25.1 Å². The smallest absolute Gasteiger partial charge is 0.315 e. The van der Waals surface area contributed by atoms with Crippen molar-refractivity contribution in [2.45, 2.75) is 0 Å². The highest BCUT2D eigenvalue weighted by molar-refractivity contribution is 5.89. The molecule has 110 valence electrons. The van der Waals surface area contributed by atoms with Crippen LogP contribution < -0.4 is 4.73 Å². The van der Waals surface area contributed by atoms with Gasteiger partial charge in [0.1, 0.15) is 6.07 Å². The molecule has 1 aromatic carbocycles. The molecular formula is C14H10N3O5+. The van der Waals surface area contributed by atoms with Crippen LogP contribution in [0, 0.1) is 21.4 Å². The third-order valence-corrected chi connectivity index (χ3v) is 2.82. The van der Waals surface area contributed by atoms with E-state index in [2.05, 4.69) is 0 Å². The standard InChI is InChI=1S/C14H9N3O5/c15-7-11(10-2-1-3-16(20)8-10)4-9-5-12(17(21)22)14(19)13(18)6-9/h1-6,8H,(H2-,18,19,20)/p+1/b11-4+. The average molecular weight is 300 g/mol. The summed E-state index contributed by atoms with van der Waals surface area (Å²) in [7, 11) is 0. The summed E-state index contributed by atoms with van der Waals surface area (Å²) in [6.07, 6.45) is 3.93. The number of allylic oxidation sites excluding steroid dienone is 1. The van der Waals surface area contributed by atoms with Crippen LogP contribution in [0.2, 0.25) is 0 Å². The van der Waals surface area contributed by atoms with Gasteiger partial charge in [0.15, 0.2) is 5.75 Å². The second-order valence-electron chi connectivity index (χ2n) is 4.31. The van der Waals surface area contributed by atoms with Crippen molar-refractivity contribution in [1.29, 1.82) is 5.26 Å². The highest BCUT2D eigenvalue weighted by atomic mass is 16.6. The van der Waals surface area contributed by atoms with E-state index in [1.54, 1.807) is 6.07 Å². The van der Waals surface area contributed by atoms with Crippen molar-refractivity contribution >= 4 is 17.3 Å². The first-order valence-corrected chi connectivity index (χ1v) is 5.95. The number of phenolic OH excluding ortho intramolecular Hbond substituents is 2. The Bertz CT molecular complexity index is 824. The van der Waals surface area contributed by atoms with Gasteiger partial charge in [-0.05, 0) is 23.8 Å². The van der Waals surface area contributed by atoms with Crippen LogP contribution >= 0.6 is 0 Å². The minimum atomic E-state index is -0.845. The molecule has 0 fully saturated rings. The second kappa shape index (κ2) is 5.80. The number of benzene rings is 1. The Kier molecular flexibility index (Phi) is 3.90. The predicted molar refractivity (Wildman–Crippen MR) is 73.7 cm³/mol. The quantitative estimate of drug-likeness (QED) is 0.197. The molecule has 8 nitrogen and oxygen atoms in total. The monoisotopic (exact) mass is 300 g/mol. The fourth-order valence-corrected chi connectivity index (χ4v) is 1.82. The number of nitro benzene ring substituents is 1. The van der Waals surface area contributed by atoms with Gasteiger partial charge < -0.3 is 10.2 Å². The zero-order valence-electron chi connectivity index (χ0n) is 11.0. The first-order valence-electron chi connectivity index (χ1n) is 5.95. The van der Waals surface area contributed by atoms with Crippen molar-refractivity contribution in [1.82, 2.24) is 0 Å². The number of rotatable bonds is 3. The Hall–Kier alpha value is -3.60. The molecule has 2 aromatic rings. The van der Waals surface area contributed by atoms with Crippen molar-refractivity contribution in [3.05, 3.63) is 57.9 Å². The lowest BCUT2D eigenvalue weighted by molar-refractivity contribution is -0.904. The van der Waals surface area contributed by atoms with Gasteiger partial charge in [-0.2, -0.15) is 5.26 Å². The number of aromatic nitrogens is 1. The van der Waals surface area contributed by atoms with Gasteiger partial charge in [0.25, 0.3) is 0 Å². The van der Waals surface area contributed by atoms with Gasteiger partial charge in [-0.15, -0.1) is 0 Å². The SMILES string of the molecule is N#C/C(=C\c1cc(O)c(O)c([N+](=O)[O-])c1)c1ccc[n+](O)c1. The van der Waals surface area contributed by atoms with Gasteiger partial charge in [-0.3, -0.25) is 15.3 Å². The zero-order chi connectivity index (χ0) is 16.3. The lowest BCUT2D eigenvalue weighted by Crippen LogP contribution is -2.28. The highest BCUT2D eigenvalue weighted by Crippen LogP contribution is 2.36. The van der Waals surface area contributed by atoms with Gasteiger partial charge >= 0.3 is 5.69 Å². The molecule has 0 aliphatic heterocycles. The molecule has 0 atom stereocenters. The second-order valence-corrected chi connectivity index (χ2v) is 4.31. The number of aromatic hydroxyl groups is 2. The number of hydrogen-bond acceptors (Lipinski definition) is 6. The van der Waals surface area contributed by atoms with E-state index in [9.17, 15) is 30.8 Å². The lowest BCUT2D eigenvalue weighted by Gasteiger charge is -2.02. The van der Waals surface area contributed by atoms with Crippen LogP contribution in [0.5, 0.6) is 11.5 Å². The molecule has 0 unspecified atom stereocenters. The summed E-state index contributed by atoms with van der Waals surface area (Å²) in [4.78, 5) is 9.96. The van der Waals surface area contributed by atoms with Crippen molar-refractivity contribution in [3.63, 3.8) is 0 Å². The molecule has 0 saturated carbocycles. The third kappa shape index (κ3) is 2.94. The maximum absolute atomic E-state index is 10.8. The zero-order valence-corrected chi connectivity index (χ0v) is 11.0. The van der Waals surface area contributed by atoms with E-state index >= 15 is 0 Å². The van der Waals surface area contributed by atoms with E-state index < -0.39 is 22.1 Å². The summed E-state index contributed by atoms with van der Waals surface area (Å²) >= 11 is 0. The summed E-state index contributed by atoms with van der Waals surface area (Å²) in [5.74, 6) is -1.50. The van der Waals surface area contributed by atoms with Crippen LogP contribution in [0.4, 0.5) is 5.69 Å². The van der Waals surface area contributed by atoms with Gasteiger partial charge in [0.05, 0.1) is 16.1 Å². The van der Waals surface area contributed by atoms with Crippen molar-refractivity contribution in [2.24, 2.45) is 0 Å². The Balaban J connectivity index is 2.56. The largest absolute Gasteiger partial charge is 0.504 e. The molecule has 3 N–H and O–H groups in total. The van der Waals surface area contributed by atoms with E-state index in [4.69, 9.17) is 0 Å². The highest BCUT2D eigenvalue weighted by Gasteiger charge is 2.18. The van der Waals surface area contributed by atoms with Crippen LogP contribution in [0.1, 0.15) is 11.1 Å². The van der Waals surface area contributed by atoms with Crippen LogP contribution in [0.15, 0.2) is 36.7 Å². The number of hydrogen-bond donors (Lipinski definition) is 3. The molecule has 0 amide bonds. The molecule has 1 aromatic heterocycles. The predicted octanol–water partition coefficient (Wildman–Crippen LogP) is 1.59. The van der Waals surface area contributed by atoms with E-state index in [0.717, 1.165) is 16.9 Å². The van der Waals surface area contributed by atoms with Crippen LogP contribution in [0.3, 0.4) is 0 Å². The van der Waals surface area contributed by atoms with Crippen molar-refractivity contribution in [3.8, 4) is 17.6 Å². The lowest BCUT2D eigenvalue weighted by atomic mass is 10.0. The molecule has 1 heterocycles. The fraction of sp³-hybridized carbons (Fsp3) is 0. The molecule has 8 heteroatoms. The Morgan fingerprint density at radius 2 is 2.14 bits per heavy atom. The van der Waals surface area contributed by atoms with Gasteiger partial charge in [-0.25, -0.2) is 0 Å². The van der Waals surface area contributed by atoms with Gasteiger partial charge in [0, 0.05) is 16.9 Å². The van der Waals surface area contributed by atoms with Gasteiger partial charge in [-0.1, -0.05) is 0 Å². The fourth-order valence-electron chi connectivity index (χ4n) is 1.82. The molecule has 0 saturated heterocycles. The van der Waals surface area contributed by atoms with Gasteiger partial charge in [0.2, 0.25) is 18.1 Å². The number of nitriles is 1. The minimum Gasteiger partial charge on any atom is -0.504 e. The molecule has 0 aliphatic carbocycles. The Labute approximate surface area is 124 Å². The maximum Gasteiger partial charge on any atom is 0.315 e. The molecule has 0 radical (unpaired) electrons. The van der Waals surface area contributed by atoms with E-state index in [-0.39, 0.29) is 11.1 Å².